The van der Waals surface area contributed by atoms with Gasteiger partial charge >= 0.3 is 0 Å². The lowest BCUT2D eigenvalue weighted by Crippen LogP contribution is -2.20. The maximum atomic E-state index is 12.8. The molecule has 8 heteroatoms. The number of nitrogens with zero attached hydrogens (tertiary/aromatic N) is 4. The van der Waals surface area contributed by atoms with Gasteiger partial charge in [-0.1, -0.05) is 23.7 Å². The van der Waals surface area contributed by atoms with E-state index in [0.29, 0.717) is 22.1 Å². The number of rotatable bonds is 4. The Hall–Kier alpha value is -2.80. The number of nitrogens with one attached hydrogen (secondary N) is 1. The van der Waals surface area contributed by atoms with Crippen LogP contribution in [0.1, 0.15) is 0 Å². The molecule has 0 radical (unpaired) electrons. The number of carbonyl (C=O) groups excluding carboxylic acids is 1. The minimum Gasteiger partial charge on any atom is -0.324 e. The first-order valence-corrected chi connectivity index (χ1v) is 7.07. The van der Waals surface area contributed by atoms with Gasteiger partial charge in [-0.15, -0.1) is 10.2 Å². The van der Waals surface area contributed by atoms with Crippen LogP contribution in [0, 0.1) is 5.82 Å². The number of hydrogen-bond acceptors (Lipinski definition) is 4. The molecule has 23 heavy (non-hydrogen) atoms. The van der Waals surface area contributed by atoms with Gasteiger partial charge in [-0.25, -0.2) is 4.39 Å². The van der Waals surface area contributed by atoms with Gasteiger partial charge in [0.25, 0.3) is 0 Å². The van der Waals surface area contributed by atoms with Gasteiger partial charge in [0.05, 0.1) is 0 Å². The van der Waals surface area contributed by atoms with E-state index < -0.39 is 0 Å². The average molecular weight is 332 g/mol. The Bertz CT molecular complexity index is 834. The average Bonchev–Trinajstić information content (AvgIpc) is 2.98. The molecule has 0 atom stereocenters. The van der Waals surface area contributed by atoms with Crippen LogP contribution < -0.4 is 5.32 Å². The third-order valence-electron chi connectivity index (χ3n) is 2.95. The molecule has 3 aromatic rings. The predicted octanol–water partition coefficient (Wildman–Crippen LogP) is 2.77. The Labute approximate surface area is 135 Å². The highest BCUT2D eigenvalue weighted by atomic mass is 35.5. The van der Waals surface area contributed by atoms with Crippen LogP contribution >= 0.6 is 11.6 Å². The zero-order chi connectivity index (χ0) is 16.2. The van der Waals surface area contributed by atoms with Crippen molar-refractivity contribution in [1.82, 2.24) is 20.2 Å². The highest BCUT2D eigenvalue weighted by Gasteiger charge is 2.10. The summed E-state index contributed by atoms with van der Waals surface area (Å²) in [6.45, 7) is -0.106. The number of anilines is 1. The minimum absolute atomic E-state index is 0.106. The lowest BCUT2D eigenvalue weighted by atomic mass is 10.2. The monoisotopic (exact) mass is 331 g/mol. The summed E-state index contributed by atoms with van der Waals surface area (Å²) in [6, 6.07) is 12.5. The molecule has 1 heterocycles. The maximum absolute atomic E-state index is 12.8. The summed E-state index contributed by atoms with van der Waals surface area (Å²) in [5.74, 6) is -0.333. The highest BCUT2D eigenvalue weighted by molar-refractivity contribution is 6.30. The standard InChI is InChI=1S/C15H11ClFN5O/c16-11-3-1-2-10(8-11)15-19-21-22(20-15)9-14(23)18-13-6-4-12(17)5-7-13/h1-8H,9H2,(H,18,23). The molecule has 1 aromatic heterocycles. The maximum Gasteiger partial charge on any atom is 0.248 e. The van der Waals surface area contributed by atoms with E-state index in [0.717, 1.165) is 0 Å². The number of carbonyl (C=O) groups is 1. The molecule has 0 unspecified atom stereocenters. The Balaban J connectivity index is 1.66. The van der Waals surface area contributed by atoms with Gasteiger partial charge in [0, 0.05) is 16.3 Å². The summed E-state index contributed by atoms with van der Waals surface area (Å²) in [6.07, 6.45) is 0. The quantitative estimate of drug-likeness (QED) is 0.798. The number of aromatic nitrogens is 4. The Kier molecular flexibility index (Phi) is 4.29. The van der Waals surface area contributed by atoms with Crippen LogP contribution in [-0.4, -0.2) is 26.1 Å². The van der Waals surface area contributed by atoms with E-state index in [1.807, 2.05) is 0 Å². The van der Waals surface area contributed by atoms with Crippen molar-refractivity contribution < 1.29 is 9.18 Å². The smallest absolute Gasteiger partial charge is 0.248 e. The Morgan fingerprint density at radius 2 is 2.00 bits per heavy atom. The highest BCUT2D eigenvalue weighted by Crippen LogP contribution is 2.18. The first kappa shape index (κ1) is 15.1. The summed E-state index contributed by atoms with van der Waals surface area (Å²) in [5, 5.41) is 15.0. The SMILES string of the molecule is O=C(Cn1nnc(-c2cccc(Cl)c2)n1)Nc1ccc(F)cc1. The van der Waals surface area contributed by atoms with Crippen LogP contribution in [0.5, 0.6) is 0 Å². The zero-order valence-electron chi connectivity index (χ0n) is 11.8. The molecular weight excluding hydrogens is 321 g/mol. The van der Waals surface area contributed by atoms with Crippen molar-refractivity contribution in [2.24, 2.45) is 0 Å². The summed E-state index contributed by atoms with van der Waals surface area (Å²) in [4.78, 5) is 13.1. The van der Waals surface area contributed by atoms with Crippen molar-refractivity contribution in [3.8, 4) is 11.4 Å². The molecule has 1 N–H and O–H groups in total. The van der Waals surface area contributed by atoms with Crippen molar-refractivity contribution in [3.05, 3.63) is 59.4 Å². The third kappa shape index (κ3) is 3.89. The summed E-state index contributed by atoms with van der Waals surface area (Å²) in [7, 11) is 0. The largest absolute Gasteiger partial charge is 0.324 e. The third-order valence-corrected chi connectivity index (χ3v) is 3.18. The van der Waals surface area contributed by atoms with Crippen LogP contribution in [0.25, 0.3) is 11.4 Å². The fourth-order valence-corrected chi connectivity index (χ4v) is 2.11. The Morgan fingerprint density at radius 1 is 1.22 bits per heavy atom. The molecular formula is C15H11ClFN5O. The number of tetrazole rings is 1. The van der Waals surface area contributed by atoms with E-state index >= 15 is 0 Å². The number of benzene rings is 2. The fourth-order valence-electron chi connectivity index (χ4n) is 1.92. The van der Waals surface area contributed by atoms with E-state index in [1.54, 1.807) is 24.3 Å². The zero-order valence-corrected chi connectivity index (χ0v) is 12.5. The molecule has 0 aliphatic heterocycles. The van der Waals surface area contributed by atoms with Crippen LogP contribution in [0.4, 0.5) is 10.1 Å². The van der Waals surface area contributed by atoms with E-state index in [2.05, 4.69) is 20.7 Å². The van der Waals surface area contributed by atoms with Gasteiger partial charge in [0.2, 0.25) is 11.7 Å². The fraction of sp³-hybridized carbons (Fsp3) is 0.0667. The van der Waals surface area contributed by atoms with E-state index in [-0.39, 0.29) is 18.3 Å². The first-order chi connectivity index (χ1) is 11.1. The summed E-state index contributed by atoms with van der Waals surface area (Å²) >= 11 is 5.91. The number of halogens is 2. The molecule has 0 fully saturated rings. The Morgan fingerprint density at radius 3 is 2.74 bits per heavy atom. The second-order valence-corrected chi connectivity index (χ2v) is 5.15. The van der Waals surface area contributed by atoms with Crippen LogP contribution in [-0.2, 0) is 11.3 Å². The second kappa shape index (κ2) is 6.53. The first-order valence-electron chi connectivity index (χ1n) is 6.69. The van der Waals surface area contributed by atoms with Gasteiger partial charge in [-0.2, -0.15) is 4.80 Å². The second-order valence-electron chi connectivity index (χ2n) is 4.71. The van der Waals surface area contributed by atoms with Crippen molar-refractivity contribution >= 4 is 23.2 Å². The van der Waals surface area contributed by atoms with Gasteiger partial charge in [0.15, 0.2) is 0 Å². The van der Waals surface area contributed by atoms with Crippen molar-refractivity contribution in [2.45, 2.75) is 6.54 Å². The molecule has 0 bridgehead atoms. The van der Waals surface area contributed by atoms with Crippen molar-refractivity contribution in [3.63, 3.8) is 0 Å². The minimum atomic E-state index is -0.368. The number of hydrogen-bond donors (Lipinski definition) is 1. The van der Waals surface area contributed by atoms with Crippen molar-refractivity contribution in [2.75, 3.05) is 5.32 Å². The molecule has 0 saturated heterocycles. The van der Waals surface area contributed by atoms with Crippen molar-refractivity contribution in [1.29, 1.82) is 0 Å². The van der Waals surface area contributed by atoms with Gasteiger partial charge in [-0.05, 0) is 41.6 Å². The molecule has 0 saturated carbocycles. The van der Waals surface area contributed by atoms with Crippen LogP contribution in [0.2, 0.25) is 5.02 Å². The van der Waals surface area contributed by atoms with Gasteiger partial charge < -0.3 is 5.32 Å². The lowest BCUT2D eigenvalue weighted by molar-refractivity contribution is -0.117. The molecule has 0 aliphatic rings. The van der Waals surface area contributed by atoms with Crippen LogP contribution in [0.15, 0.2) is 48.5 Å². The molecule has 1 amide bonds. The molecule has 0 aliphatic carbocycles. The lowest BCUT2D eigenvalue weighted by Gasteiger charge is -2.03. The molecule has 2 aromatic carbocycles. The van der Waals surface area contributed by atoms with E-state index in [9.17, 15) is 9.18 Å². The summed E-state index contributed by atoms with van der Waals surface area (Å²) in [5.41, 5.74) is 1.20. The number of amides is 1. The van der Waals surface area contributed by atoms with E-state index in [4.69, 9.17) is 11.6 Å². The molecule has 3 rings (SSSR count). The topological polar surface area (TPSA) is 72.7 Å². The van der Waals surface area contributed by atoms with Gasteiger partial charge in [-0.3, -0.25) is 4.79 Å². The molecule has 116 valence electrons. The molecule has 0 spiro atoms. The predicted molar refractivity (Wildman–Crippen MR) is 83.3 cm³/mol. The van der Waals surface area contributed by atoms with E-state index in [1.165, 1.54) is 29.1 Å². The normalized spacial score (nSPS) is 10.5. The molecule has 6 nitrogen and oxygen atoms in total. The van der Waals surface area contributed by atoms with Gasteiger partial charge in [0.1, 0.15) is 12.4 Å². The van der Waals surface area contributed by atoms with Crippen LogP contribution in [0.3, 0.4) is 0 Å². The summed E-state index contributed by atoms with van der Waals surface area (Å²) < 4.78 is 12.8.